The topological polar surface area (TPSA) is 68.5 Å². The molecule has 0 bridgehead atoms. The lowest BCUT2D eigenvalue weighted by Gasteiger charge is -2.20. The van der Waals surface area contributed by atoms with Crippen LogP contribution in [0.3, 0.4) is 0 Å². The van der Waals surface area contributed by atoms with Gasteiger partial charge in [0.1, 0.15) is 5.75 Å². The maximum absolute atomic E-state index is 12.0. The van der Waals surface area contributed by atoms with E-state index in [1.54, 1.807) is 6.92 Å². The Morgan fingerprint density at radius 3 is 2.67 bits per heavy atom. The van der Waals surface area contributed by atoms with Gasteiger partial charge < -0.3 is 14.4 Å². The number of pyridine rings is 1. The Morgan fingerprint density at radius 1 is 1.38 bits per heavy atom. The fraction of sp³-hybridized carbons (Fsp3) is 0.444. The fourth-order valence-corrected chi connectivity index (χ4v) is 2.92. The molecule has 0 spiro atoms. The Hall–Kier alpha value is -2.01. The summed E-state index contributed by atoms with van der Waals surface area (Å²) in [6.45, 7) is 4.35. The largest absolute Gasteiger partial charge is 0.496 e. The summed E-state index contributed by atoms with van der Waals surface area (Å²) >= 11 is 6.19. The zero-order valence-corrected chi connectivity index (χ0v) is 14.9. The number of benzene rings is 1. The fourth-order valence-electron chi connectivity index (χ4n) is 2.71. The van der Waals surface area contributed by atoms with Crippen molar-refractivity contribution in [1.29, 1.82) is 0 Å². The Kier molecular flexibility index (Phi) is 5.89. The minimum Gasteiger partial charge on any atom is -0.496 e. The van der Waals surface area contributed by atoms with E-state index in [1.165, 1.54) is 13.2 Å². The zero-order chi connectivity index (χ0) is 17.9. The Balaban J connectivity index is 2.55. The molecule has 5 nitrogen and oxygen atoms in total. The first-order valence-electron chi connectivity index (χ1n) is 8.01. The SMILES string of the molecule is CCCc1cc2c(Cl)c(=O)cc(OC)c-2cn1CCC(C)C(=O)O. The van der Waals surface area contributed by atoms with Crippen molar-refractivity contribution in [1.82, 2.24) is 4.57 Å². The van der Waals surface area contributed by atoms with E-state index in [-0.39, 0.29) is 10.5 Å². The van der Waals surface area contributed by atoms with Gasteiger partial charge in [-0.3, -0.25) is 9.59 Å². The first kappa shape index (κ1) is 18.3. The number of carboxylic acid groups (broad SMARTS) is 1. The molecule has 0 aromatic rings. The molecule has 6 heteroatoms. The molecule has 130 valence electrons. The van der Waals surface area contributed by atoms with Gasteiger partial charge in [-0.1, -0.05) is 31.9 Å². The van der Waals surface area contributed by atoms with Crippen molar-refractivity contribution >= 4 is 17.6 Å². The average molecular weight is 352 g/mol. The van der Waals surface area contributed by atoms with Gasteiger partial charge >= 0.3 is 5.97 Å². The first-order valence-corrected chi connectivity index (χ1v) is 8.39. The molecule has 1 aliphatic heterocycles. The van der Waals surface area contributed by atoms with E-state index in [9.17, 15) is 9.59 Å². The molecular formula is C18H22ClNO4. The number of hydrogen-bond acceptors (Lipinski definition) is 3. The molecule has 0 radical (unpaired) electrons. The highest BCUT2D eigenvalue weighted by Gasteiger charge is 2.19. The average Bonchev–Trinajstić information content (AvgIpc) is 2.56. The minimum absolute atomic E-state index is 0.189. The molecule has 1 atom stereocenters. The summed E-state index contributed by atoms with van der Waals surface area (Å²) in [7, 11) is 1.51. The summed E-state index contributed by atoms with van der Waals surface area (Å²) in [6, 6.07) is 3.30. The van der Waals surface area contributed by atoms with Gasteiger partial charge in [-0.05, 0) is 18.9 Å². The minimum atomic E-state index is -0.801. The van der Waals surface area contributed by atoms with Crippen LogP contribution in [-0.4, -0.2) is 22.8 Å². The highest BCUT2D eigenvalue weighted by atomic mass is 35.5. The van der Waals surface area contributed by atoms with E-state index in [2.05, 4.69) is 6.92 Å². The number of nitrogens with zero attached hydrogens (tertiary/aromatic N) is 1. The Bertz CT molecular complexity index is 769. The zero-order valence-electron chi connectivity index (χ0n) is 14.1. The van der Waals surface area contributed by atoms with Gasteiger partial charge in [-0.15, -0.1) is 0 Å². The molecule has 2 aliphatic rings. The lowest BCUT2D eigenvalue weighted by atomic mass is 10.0. The van der Waals surface area contributed by atoms with Gasteiger partial charge in [-0.25, -0.2) is 0 Å². The van der Waals surface area contributed by atoms with Crippen molar-refractivity contribution in [2.24, 2.45) is 5.92 Å². The third-order valence-electron chi connectivity index (χ3n) is 4.19. The normalized spacial score (nSPS) is 12.3. The molecular weight excluding hydrogens is 330 g/mol. The number of aliphatic carboxylic acids is 1. The van der Waals surface area contributed by atoms with Crippen molar-refractivity contribution < 1.29 is 14.6 Å². The molecule has 2 rings (SSSR count). The van der Waals surface area contributed by atoms with E-state index in [0.29, 0.717) is 24.3 Å². The second kappa shape index (κ2) is 7.71. The van der Waals surface area contributed by atoms with Crippen molar-refractivity contribution in [2.45, 2.75) is 39.7 Å². The number of halogens is 1. The number of methoxy groups -OCH3 is 1. The number of aromatic nitrogens is 1. The summed E-state index contributed by atoms with van der Waals surface area (Å²) in [4.78, 5) is 23.0. The standard InChI is InChI=1S/C18H22ClNO4/c1-4-5-12-8-13-14(16(24-3)9-15(21)17(13)19)10-20(12)7-6-11(2)18(22)23/h8-11H,4-7H2,1-3H3,(H,22,23). The van der Waals surface area contributed by atoms with Gasteiger partial charge in [0.05, 0.1) is 18.1 Å². The molecule has 0 saturated carbocycles. The number of carboxylic acids is 1. The second-order valence-electron chi connectivity index (χ2n) is 5.95. The molecule has 24 heavy (non-hydrogen) atoms. The van der Waals surface area contributed by atoms with Gasteiger partial charge in [0.2, 0.25) is 5.43 Å². The summed E-state index contributed by atoms with van der Waals surface area (Å²) in [5, 5.41) is 9.26. The summed E-state index contributed by atoms with van der Waals surface area (Å²) < 4.78 is 7.35. The van der Waals surface area contributed by atoms with E-state index in [0.717, 1.165) is 24.1 Å². The summed E-state index contributed by atoms with van der Waals surface area (Å²) in [6.07, 6.45) is 4.18. The van der Waals surface area contributed by atoms with Gasteiger partial charge in [0.15, 0.2) is 0 Å². The van der Waals surface area contributed by atoms with Gasteiger partial charge in [0.25, 0.3) is 0 Å². The van der Waals surface area contributed by atoms with Crippen molar-refractivity contribution in [3.63, 3.8) is 0 Å². The van der Waals surface area contributed by atoms with Crippen LogP contribution in [0.15, 0.2) is 23.1 Å². The maximum Gasteiger partial charge on any atom is 0.306 e. The van der Waals surface area contributed by atoms with Crippen molar-refractivity contribution in [3.05, 3.63) is 39.3 Å². The number of hydrogen-bond donors (Lipinski definition) is 1. The first-order chi connectivity index (χ1) is 11.4. The van der Waals surface area contributed by atoms with E-state index in [1.807, 2.05) is 16.8 Å². The lowest BCUT2D eigenvalue weighted by Crippen LogP contribution is -2.16. The van der Waals surface area contributed by atoms with Crippen LogP contribution in [0.5, 0.6) is 5.75 Å². The predicted molar refractivity (Wildman–Crippen MR) is 94.3 cm³/mol. The summed E-state index contributed by atoms with van der Waals surface area (Å²) in [5.41, 5.74) is 2.19. The summed E-state index contributed by atoms with van der Waals surface area (Å²) in [5.74, 6) is -0.746. The van der Waals surface area contributed by atoms with Crippen LogP contribution < -0.4 is 10.2 Å². The molecule has 0 saturated heterocycles. The molecule has 1 unspecified atom stereocenters. The van der Waals surface area contributed by atoms with Gasteiger partial charge in [0, 0.05) is 35.6 Å². The third kappa shape index (κ3) is 3.73. The van der Waals surface area contributed by atoms with E-state index >= 15 is 0 Å². The highest BCUT2D eigenvalue weighted by Crippen LogP contribution is 2.36. The molecule has 0 amide bonds. The molecule has 0 aromatic carbocycles. The van der Waals surface area contributed by atoms with Gasteiger partial charge in [-0.2, -0.15) is 0 Å². The number of aryl methyl sites for hydroxylation is 2. The second-order valence-corrected chi connectivity index (χ2v) is 6.33. The number of rotatable bonds is 7. The van der Waals surface area contributed by atoms with Crippen molar-refractivity contribution in [2.75, 3.05) is 7.11 Å². The van der Waals surface area contributed by atoms with Crippen molar-refractivity contribution in [3.8, 4) is 16.9 Å². The van der Waals surface area contributed by atoms with Crippen LogP contribution in [0, 0.1) is 5.92 Å². The third-order valence-corrected chi connectivity index (χ3v) is 4.58. The van der Waals surface area contributed by atoms with E-state index in [4.69, 9.17) is 21.4 Å². The van der Waals surface area contributed by atoms with Crippen LogP contribution >= 0.6 is 11.6 Å². The predicted octanol–water partition coefficient (Wildman–Crippen LogP) is 3.68. The number of fused-ring (bicyclic) bond motifs is 1. The van der Waals surface area contributed by atoms with Crippen LogP contribution in [0.1, 0.15) is 32.4 Å². The smallest absolute Gasteiger partial charge is 0.306 e. The number of carbonyl (C=O) groups is 1. The molecule has 0 aromatic heterocycles. The lowest BCUT2D eigenvalue weighted by molar-refractivity contribution is -0.141. The molecule has 1 heterocycles. The van der Waals surface area contributed by atoms with E-state index < -0.39 is 11.9 Å². The number of ether oxygens (including phenoxy) is 1. The molecule has 1 N–H and O–H groups in total. The van der Waals surface area contributed by atoms with Crippen LogP contribution in [0.4, 0.5) is 0 Å². The quantitative estimate of drug-likeness (QED) is 0.826. The van der Waals surface area contributed by atoms with Crippen LogP contribution in [0.25, 0.3) is 11.1 Å². The molecule has 1 aliphatic carbocycles. The monoisotopic (exact) mass is 351 g/mol. The molecule has 0 fully saturated rings. The maximum atomic E-state index is 12.0. The Labute approximate surface area is 146 Å². The van der Waals surface area contributed by atoms with Crippen LogP contribution in [-0.2, 0) is 17.8 Å². The highest BCUT2D eigenvalue weighted by molar-refractivity contribution is 6.33. The van der Waals surface area contributed by atoms with Crippen LogP contribution in [0.2, 0.25) is 5.02 Å². The Morgan fingerprint density at radius 2 is 2.08 bits per heavy atom.